The van der Waals surface area contributed by atoms with Crippen LogP contribution in [0.3, 0.4) is 0 Å². The Bertz CT molecular complexity index is 1510. The van der Waals surface area contributed by atoms with Gasteiger partial charge in [0.05, 0.1) is 18.7 Å². The van der Waals surface area contributed by atoms with E-state index in [4.69, 9.17) is 5.73 Å². The van der Waals surface area contributed by atoms with Gasteiger partial charge in [-0.3, -0.25) is 14.4 Å². The normalized spacial score (nSPS) is 14.1. The number of H-pyrrole nitrogens is 3. The van der Waals surface area contributed by atoms with Crippen LogP contribution in [-0.4, -0.2) is 77.9 Å². The predicted molar refractivity (Wildman–Crippen MR) is 157 cm³/mol. The molecule has 3 amide bonds. The molecule has 3 aromatic heterocycles. The lowest BCUT2D eigenvalue weighted by atomic mass is 10.0. The third kappa shape index (κ3) is 8.52. The number of fused-ring (bicyclic) bond motifs is 1. The fraction of sp³-hybridized carbons (Fsp3) is 0.379. The first kappa shape index (κ1) is 31.0. The lowest BCUT2D eigenvalue weighted by Gasteiger charge is -2.25. The maximum Gasteiger partial charge on any atom is 0.326 e. The number of nitrogens with zero attached hydrogens (tertiary/aromatic N) is 2. The average Bonchev–Trinajstić information content (AvgIpc) is 3.75. The van der Waals surface area contributed by atoms with E-state index >= 15 is 0 Å². The van der Waals surface area contributed by atoms with Crippen LogP contribution in [0.4, 0.5) is 0 Å². The number of nitrogens with one attached hydrogen (secondary N) is 6. The van der Waals surface area contributed by atoms with Gasteiger partial charge in [-0.1, -0.05) is 32.0 Å². The summed E-state index contributed by atoms with van der Waals surface area (Å²) >= 11 is 0. The molecule has 43 heavy (non-hydrogen) atoms. The molecule has 4 atom stereocenters. The summed E-state index contributed by atoms with van der Waals surface area (Å²) in [7, 11) is 0. The van der Waals surface area contributed by atoms with E-state index in [1.54, 1.807) is 12.4 Å². The van der Waals surface area contributed by atoms with Crippen LogP contribution in [0.15, 0.2) is 55.5 Å². The number of carboxylic acids is 1. The van der Waals surface area contributed by atoms with Crippen molar-refractivity contribution in [1.82, 2.24) is 40.9 Å². The van der Waals surface area contributed by atoms with Crippen LogP contribution in [0.5, 0.6) is 0 Å². The summed E-state index contributed by atoms with van der Waals surface area (Å²) in [5.74, 6) is -3.05. The number of hydrogen-bond donors (Lipinski definition) is 8. The summed E-state index contributed by atoms with van der Waals surface area (Å²) < 4.78 is 0. The zero-order valence-electron chi connectivity index (χ0n) is 24.0. The minimum atomic E-state index is -1.17. The number of nitrogens with two attached hydrogens (primary N) is 1. The van der Waals surface area contributed by atoms with Crippen molar-refractivity contribution < 1.29 is 24.3 Å². The van der Waals surface area contributed by atoms with E-state index in [1.807, 2.05) is 38.1 Å². The first-order valence-electron chi connectivity index (χ1n) is 14.0. The molecule has 1 aromatic carbocycles. The number of benzene rings is 1. The highest BCUT2D eigenvalue weighted by Gasteiger charge is 2.31. The Morgan fingerprint density at radius 1 is 0.814 bits per heavy atom. The molecule has 4 rings (SSSR count). The maximum absolute atomic E-state index is 13.7. The van der Waals surface area contributed by atoms with Crippen LogP contribution in [0.2, 0.25) is 0 Å². The molecule has 0 radical (unpaired) electrons. The zero-order chi connectivity index (χ0) is 30.9. The molecule has 0 spiro atoms. The van der Waals surface area contributed by atoms with Gasteiger partial charge < -0.3 is 41.7 Å². The lowest BCUT2D eigenvalue weighted by Crippen LogP contribution is -2.58. The molecule has 0 bridgehead atoms. The fourth-order valence-corrected chi connectivity index (χ4v) is 4.80. The van der Waals surface area contributed by atoms with Gasteiger partial charge in [0.15, 0.2) is 0 Å². The second-order valence-corrected chi connectivity index (χ2v) is 10.9. The maximum atomic E-state index is 13.7. The van der Waals surface area contributed by atoms with Crippen molar-refractivity contribution >= 4 is 34.6 Å². The molecular weight excluding hydrogens is 554 g/mol. The van der Waals surface area contributed by atoms with Crippen molar-refractivity contribution in [3.05, 3.63) is 72.5 Å². The van der Waals surface area contributed by atoms with Crippen molar-refractivity contribution in [3.63, 3.8) is 0 Å². The molecule has 4 aromatic rings. The average molecular weight is 592 g/mol. The summed E-state index contributed by atoms with van der Waals surface area (Å²) in [6, 6.07) is 3.12. The van der Waals surface area contributed by atoms with E-state index in [-0.39, 0.29) is 31.6 Å². The van der Waals surface area contributed by atoms with E-state index < -0.39 is 47.9 Å². The van der Waals surface area contributed by atoms with Gasteiger partial charge in [-0.2, -0.15) is 0 Å². The minimum absolute atomic E-state index is 0.00280. The number of rotatable bonds is 15. The number of aromatic amines is 3. The summed E-state index contributed by atoms with van der Waals surface area (Å²) in [6.07, 6.45) is 8.24. The fourth-order valence-electron chi connectivity index (χ4n) is 4.80. The minimum Gasteiger partial charge on any atom is -0.480 e. The van der Waals surface area contributed by atoms with Crippen LogP contribution in [-0.2, 0) is 38.4 Å². The van der Waals surface area contributed by atoms with E-state index in [9.17, 15) is 24.3 Å². The van der Waals surface area contributed by atoms with Crippen molar-refractivity contribution in [1.29, 1.82) is 0 Å². The number of imidazole rings is 2. The highest BCUT2D eigenvalue weighted by atomic mass is 16.4. The molecule has 14 nitrogen and oxygen atoms in total. The van der Waals surface area contributed by atoms with Crippen LogP contribution >= 0.6 is 0 Å². The summed E-state index contributed by atoms with van der Waals surface area (Å²) in [4.78, 5) is 69.1. The Labute approximate surface area is 247 Å². The van der Waals surface area contributed by atoms with Gasteiger partial charge >= 0.3 is 5.97 Å². The van der Waals surface area contributed by atoms with Crippen LogP contribution in [0.1, 0.15) is 37.2 Å². The number of carbonyl (C=O) groups is 4. The number of para-hydroxylation sites is 1. The number of carboxylic acid groups (broad SMARTS) is 1. The molecule has 14 heteroatoms. The molecule has 0 fully saturated rings. The second-order valence-electron chi connectivity index (χ2n) is 10.9. The van der Waals surface area contributed by atoms with E-state index in [1.165, 1.54) is 18.9 Å². The largest absolute Gasteiger partial charge is 0.480 e. The van der Waals surface area contributed by atoms with Gasteiger partial charge in [0.25, 0.3) is 0 Å². The molecule has 0 aliphatic rings. The Morgan fingerprint density at radius 3 is 2.00 bits per heavy atom. The molecule has 3 heterocycles. The Balaban J connectivity index is 1.56. The molecular formula is C29H37N9O5. The van der Waals surface area contributed by atoms with Crippen molar-refractivity contribution in [2.24, 2.45) is 11.7 Å². The molecule has 0 aliphatic carbocycles. The molecule has 0 saturated carbocycles. The van der Waals surface area contributed by atoms with Gasteiger partial charge in [-0.15, -0.1) is 0 Å². The van der Waals surface area contributed by atoms with Crippen molar-refractivity contribution in [2.45, 2.75) is 63.7 Å². The number of carbonyl (C=O) groups excluding carboxylic acids is 3. The van der Waals surface area contributed by atoms with Gasteiger partial charge in [-0.25, -0.2) is 14.8 Å². The highest BCUT2D eigenvalue weighted by Crippen LogP contribution is 2.19. The summed E-state index contributed by atoms with van der Waals surface area (Å²) in [6.45, 7) is 3.71. The number of amides is 3. The first-order valence-corrected chi connectivity index (χ1v) is 14.0. The third-order valence-electron chi connectivity index (χ3n) is 7.00. The molecule has 0 saturated heterocycles. The SMILES string of the molecule is CC(C)CC(NC(=O)C(Cc1c[nH]c2ccccc12)NC(=O)C(Cc1cnc[nH]1)NC(=O)C(N)Cc1cnc[nH]1)C(=O)O. The van der Waals surface area contributed by atoms with Gasteiger partial charge in [0.1, 0.15) is 18.1 Å². The van der Waals surface area contributed by atoms with E-state index in [0.717, 1.165) is 16.5 Å². The van der Waals surface area contributed by atoms with Crippen LogP contribution < -0.4 is 21.7 Å². The Kier molecular flexibility index (Phi) is 10.3. The topological polar surface area (TPSA) is 224 Å². The van der Waals surface area contributed by atoms with Crippen LogP contribution in [0, 0.1) is 5.92 Å². The predicted octanol–water partition coefficient (Wildman–Crippen LogP) is 0.554. The second kappa shape index (κ2) is 14.3. The number of hydrogen-bond acceptors (Lipinski definition) is 7. The van der Waals surface area contributed by atoms with Crippen LogP contribution in [0.25, 0.3) is 10.9 Å². The standard InChI is InChI=1S/C29H37N9O5/c1-16(2)7-25(29(42)43)38-27(40)23(8-17-11-33-22-6-4-3-5-20(17)22)37-28(41)24(10-19-13-32-15-35-19)36-26(39)21(30)9-18-12-31-14-34-18/h3-6,11-16,21,23-25,33H,7-10,30H2,1-2H3,(H,31,34)(H,32,35)(H,36,39)(H,37,41)(H,38,40)(H,42,43). The lowest BCUT2D eigenvalue weighted by molar-refractivity contribution is -0.142. The third-order valence-corrected chi connectivity index (χ3v) is 7.00. The monoisotopic (exact) mass is 591 g/mol. The molecule has 4 unspecified atom stereocenters. The van der Waals surface area contributed by atoms with Gasteiger partial charge in [-0.05, 0) is 24.0 Å². The van der Waals surface area contributed by atoms with Gasteiger partial charge in [0, 0.05) is 60.1 Å². The van der Waals surface area contributed by atoms with E-state index in [2.05, 4.69) is 40.9 Å². The number of aliphatic carboxylic acids is 1. The number of aromatic nitrogens is 5. The Hall–Kier alpha value is -4.98. The zero-order valence-corrected chi connectivity index (χ0v) is 24.0. The smallest absolute Gasteiger partial charge is 0.326 e. The first-order chi connectivity index (χ1) is 20.6. The van der Waals surface area contributed by atoms with Gasteiger partial charge in [0.2, 0.25) is 17.7 Å². The van der Waals surface area contributed by atoms with Crippen molar-refractivity contribution in [2.75, 3.05) is 0 Å². The molecule has 0 aliphatic heterocycles. The van der Waals surface area contributed by atoms with Crippen molar-refractivity contribution in [3.8, 4) is 0 Å². The molecule has 228 valence electrons. The Morgan fingerprint density at radius 2 is 1.40 bits per heavy atom. The summed E-state index contributed by atoms with van der Waals surface area (Å²) in [5, 5.41) is 18.6. The quantitative estimate of drug-likeness (QED) is 0.0972. The highest BCUT2D eigenvalue weighted by molar-refractivity contribution is 5.95. The van der Waals surface area contributed by atoms with E-state index in [0.29, 0.717) is 11.4 Å². The summed E-state index contributed by atoms with van der Waals surface area (Å²) in [5.41, 5.74) is 8.94. The molecule has 9 N–H and O–H groups in total.